The largest absolute Gasteiger partial charge is 0.466 e. The van der Waals surface area contributed by atoms with E-state index in [2.05, 4.69) is 20.8 Å². The van der Waals surface area contributed by atoms with Gasteiger partial charge in [-0.15, -0.1) is 0 Å². The van der Waals surface area contributed by atoms with Crippen LogP contribution >= 0.6 is 0 Å². The topological polar surface area (TPSA) is 43.4 Å². The fourth-order valence-electron chi connectivity index (χ4n) is 2.97. The van der Waals surface area contributed by atoms with Gasteiger partial charge in [-0.25, -0.2) is 0 Å². The minimum Gasteiger partial charge on any atom is -0.466 e. The van der Waals surface area contributed by atoms with E-state index in [4.69, 9.17) is 4.74 Å². The van der Waals surface area contributed by atoms with E-state index in [1.165, 1.54) is 5.56 Å². The minimum atomic E-state index is -0.237. The van der Waals surface area contributed by atoms with Crippen molar-refractivity contribution in [1.82, 2.24) is 0 Å². The number of aryl methyl sites for hydroxylation is 1. The van der Waals surface area contributed by atoms with Crippen LogP contribution in [0.3, 0.4) is 0 Å². The number of carbonyl (C=O) groups excluding carboxylic acids is 2. The second kappa shape index (κ2) is 10.7. The molecule has 2 aromatic carbocycles. The van der Waals surface area contributed by atoms with Crippen molar-refractivity contribution in [2.45, 2.75) is 52.4 Å². The number of ketones is 1. The third kappa shape index (κ3) is 7.01. The van der Waals surface area contributed by atoms with E-state index < -0.39 is 0 Å². The van der Waals surface area contributed by atoms with Crippen molar-refractivity contribution in [1.29, 1.82) is 0 Å². The summed E-state index contributed by atoms with van der Waals surface area (Å²) in [6.07, 6.45) is 2.32. The van der Waals surface area contributed by atoms with Crippen LogP contribution < -0.4 is 0 Å². The molecule has 2 aromatic rings. The summed E-state index contributed by atoms with van der Waals surface area (Å²) in [5.74, 6) is 0.145. The van der Waals surface area contributed by atoms with Crippen LogP contribution in [0.4, 0.5) is 0 Å². The summed E-state index contributed by atoms with van der Waals surface area (Å²) in [6, 6.07) is 17.5. The van der Waals surface area contributed by atoms with E-state index >= 15 is 0 Å². The lowest BCUT2D eigenvalue weighted by atomic mass is 9.89. The first-order valence-corrected chi connectivity index (χ1v) is 9.82. The van der Waals surface area contributed by atoms with Crippen molar-refractivity contribution in [2.24, 2.45) is 5.92 Å². The average Bonchev–Trinajstić information content (AvgIpc) is 2.68. The normalized spacial score (nSPS) is 12.0. The Morgan fingerprint density at radius 1 is 0.926 bits per heavy atom. The SMILES string of the molecule is CCc1ccc(C(=O)CC(CC(=O)OCCC(C)C)c2ccccc2)cc1. The summed E-state index contributed by atoms with van der Waals surface area (Å²) in [5, 5.41) is 0. The van der Waals surface area contributed by atoms with Crippen LogP contribution in [-0.2, 0) is 16.0 Å². The van der Waals surface area contributed by atoms with Crippen molar-refractivity contribution >= 4 is 11.8 Å². The highest BCUT2D eigenvalue weighted by Gasteiger charge is 2.21. The van der Waals surface area contributed by atoms with Gasteiger partial charge in [-0.3, -0.25) is 9.59 Å². The Hall–Kier alpha value is -2.42. The van der Waals surface area contributed by atoms with E-state index in [-0.39, 0.29) is 24.1 Å². The number of Topliss-reactive ketones (excluding diaryl/α,β-unsaturated/α-hetero) is 1. The molecule has 1 unspecified atom stereocenters. The van der Waals surface area contributed by atoms with Crippen LogP contribution in [0.5, 0.6) is 0 Å². The van der Waals surface area contributed by atoms with Crippen LogP contribution in [-0.4, -0.2) is 18.4 Å². The van der Waals surface area contributed by atoms with Crippen molar-refractivity contribution in [3.8, 4) is 0 Å². The van der Waals surface area contributed by atoms with Gasteiger partial charge < -0.3 is 4.74 Å². The summed E-state index contributed by atoms with van der Waals surface area (Å²) in [6.45, 7) is 6.73. The van der Waals surface area contributed by atoms with Gasteiger partial charge in [0.15, 0.2) is 5.78 Å². The second-order valence-electron chi connectivity index (χ2n) is 7.39. The van der Waals surface area contributed by atoms with Crippen LogP contribution in [0, 0.1) is 5.92 Å². The maximum absolute atomic E-state index is 12.8. The number of hydrogen-bond donors (Lipinski definition) is 0. The Bertz CT molecular complexity index is 717. The Labute approximate surface area is 162 Å². The highest BCUT2D eigenvalue weighted by atomic mass is 16.5. The summed E-state index contributed by atoms with van der Waals surface area (Å²) < 4.78 is 5.37. The second-order valence-corrected chi connectivity index (χ2v) is 7.39. The lowest BCUT2D eigenvalue weighted by molar-refractivity contribution is -0.144. The van der Waals surface area contributed by atoms with Gasteiger partial charge in [0.2, 0.25) is 0 Å². The molecule has 2 rings (SSSR count). The van der Waals surface area contributed by atoms with Gasteiger partial charge in [-0.2, -0.15) is 0 Å². The molecule has 0 N–H and O–H groups in total. The molecule has 3 nitrogen and oxygen atoms in total. The van der Waals surface area contributed by atoms with Gasteiger partial charge in [-0.1, -0.05) is 75.4 Å². The zero-order valence-corrected chi connectivity index (χ0v) is 16.6. The molecule has 3 heteroatoms. The molecule has 0 spiro atoms. The fraction of sp³-hybridized carbons (Fsp3) is 0.417. The first kappa shape index (κ1) is 20.9. The minimum absolute atomic E-state index is 0.0569. The number of benzene rings is 2. The van der Waals surface area contributed by atoms with Gasteiger partial charge in [-0.05, 0) is 29.9 Å². The van der Waals surface area contributed by atoms with Gasteiger partial charge in [0, 0.05) is 17.9 Å². The quantitative estimate of drug-likeness (QED) is 0.407. The van der Waals surface area contributed by atoms with Crippen molar-refractivity contribution in [2.75, 3.05) is 6.61 Å². The molecule has 0 radical (unpaired) electrons. The van der Waals surface area contributed by atoms with Crippen molar-refractivity contribution < 1.29 is 14.3 Å². The molecule has 0 bridgehead atoms. The lowest BCUT2D eigenvalue weighted by Gasteiger charge is -2.17. The van der Waals surface area contributed by atoms with Gasteiger partial charge in [0.1, 0.15) is 0 Å². The molecule has 0 aliphatic rings. The van der Waals surface area contributed by atoms with Crippen LogP contribution in [0.2, 0.25) is 0 Å². The maximum atomic E-state index is 12.8. The standard InChI is InChI=1S/C24H30O3/c1-4-19-10-12-21(13-11-19)23(25)16-22(20-8-6-5-7-9-20)17-24(26)27-15-14-18(2)3/h5-13,18,22H,4,14-17H2,1-3H3. The smallest absolute Gasteiger partial charge is 0.306 e. The van der Waals surface area contributed by atoms with E-state index in [1.54, 1.807) is 0 Å². The molecule has 0 heterocycles. The predicted molar refractivity (Wildman–Crippen MR) is 109 cm³/mol. The number of hydrogen-bond acceptors (Lipinski definition) is 3. The average molecular weight is 367 g/mol. The van der Waals surface area contributed by atoms with E-state index in [1.807, 2.05) is 54.6 Å². The molecule has 1 atom stereocenters. The first-order chi connectivity index (χ1) is 13.0. The monoisotopic (exact) mass is 366 g/mol. The molecule has 0 fully saturated rings. The van der Waals surface area contributed by atoms with E-state index in [9.17, 15) is 9.59 Å². The maximum Gasteiger partial charge on any atom is 0.306 e. The summed E-state index contributed by atoms with van der Waals surface area (Å²) in [7, 11) is 0. The molecular weight excluding hydrogens is 336 g/mol. The summed E-state index contributed by atoms with van der Waals surface area (Å²) in [4.78, 5) is 25.0. The van der Waals surface area contributed by atoms with E-state index in [0.29, 0.717) is 24.5 Å². The van der Waals surface area contributed by atoms with Gasteiger partial charge in [0.05, 0.1) is 13.0 Å². The van der Waals surface area contributed by atoms with Gasteiger partial charge in [0.25, 0.3) is 0 Å². The molecule has 0 aliphatic heterocycles. The number of carbonyl (C=O) groups is 2. The molecule has 0 saturated carbocycles. The molecule has 0 amide bonds. The number of esters is 1. The Morgan fingerprint density at radius 3 is 2.19 bits per heavy atom. The van der Waals surface area contributed by atoms with Gasteiger partial charge >= 0.3 is 5.97 Å². The molecule has 0 aliphatic carbocycles. The molecule has 144 valence electrons. The third-order valence-electron chi connectivity index (χ3n) is 4.76. The molecule has 0 saturated heterocycles. The first-order valence-electron chi connectivity index (χ1n) is 9.82. The van der Waals surface area contributed by atoms with Crippen LogP contribution in [0.15, 0.2) is 54.6 Å². The summed E-state index contributed by atoms with van der Waals surface area (Å²) >= 11 is 0. The molecule has 0 aromatic heterocycles. The third-order valence-corrected chi connectivity index (χ3v) is 4.76. The Balaban J connectivity index is 2.05. The Kier molecular flexibility index (Phi) is 8.25. The van der Waals surface area contributed by atoms with Crippen molar-refractivity contribution in [3.63, 3.8) is 0 Å². The fourth-order valence-corrected chi connectivity index (χ4v) is 2.97. The van der Waals surface area contributed by atoms with Crippen LogP contribution in [0.1, 0.15) is 67.4 Å². The van der Waals surface area contributed by atoms with Crippen molar-refractivity contribution in [3.05, 3.63) is 71.3 Å². The van der Waals surface area contributed by atoms with Crippen LogP contribution in [0.25, 0.3) is 0 Å². The zero-order valence-electron chi connectivity index (χ0n) is 16.6. The number of rotatable bonds is 10. The predicted octanol–water partition coefficient (Wildman–Crippen LogP) is 5.59. The molecule has 27 heavy (non-hydrogen) atoms. The molecular formula is C24H30O3. The Morgan fingerprint density at radius 2 is 1.59 bits per heavy atom. The van der Waals surface area contributed by atoms with E-state index in [0.717, 1.165) is 18.4 Å². The highest BCUT2D eigenvalue weighted by Crippen LogP contribution is 2.26. The number of ether oxygens (including phenoxy) is 1. The zero-order chi connectivity index (χ0) is 19.6. The highest BCUT2D eigenvalue weighted by molar-refractivity contribution is 5.96. The summed E-state index contributed by atoms with van der Waals surface area (Å²) in [5.41, 5.74) is 2.90. The lowest BCUT2D eigenvalue weighted by Crippen LogP contribution is -2.15.